The van der Waals surface area contributed by atoms with Crippen LogP contribution in [0.2, 0.25) is 0 Å². The molecule has 2 aliphatic heterocycles. The Hall–Kier alpha value is -1.14. The standard InChI is InChI=1S/C9H14N2O4/c12-6-3-11(4-7(6)13)9(15)5-1-2-8(14)10-5/h5-7,12-13H,1-4H2,(H,10,14)/t5-,6-,7+/m0/s1. The highest BCUT2D eigenvalue weighted by atomic mass is 16.3. The van der Waals surface area contributed by atoms with Gasteiger partial charge in [-0.15, -0.1) is 0 Å². The first-order valence-corrected chi connectivity index (χ1v) is 5.02. The van der Waals surface area contributed by atoms with Gasteiger partial charge in [-0.2, -0.15) is 0 Å². The molecule has 2 fully saturated rings. The van der Waals surface area contributed by atoms with Crippen LogP contribution in [-0.2, 0) is 9.59 Å². The number of hydrogen-bond acceptors (Lipinski definition) is 4. The van der Waals surface area contributed by atoms with E-state index in [0.29, 0.717) is 12.8 Å². The molecule has 3 N–H and O–H groups in total. The molecule has 0 spiro atoms. The summed E-state index contributed by atoms with van der Waals surface area (Å²) in [6.45, 7) is 0.290. The van der Waals surface area contributed by atoms with E-state index in [1.165, 1.54) is 4.90 Å². The minimum absolute atomic E-state index is 0.117. The quantitative estimate of drug-likeness (QED) is 0.463. The van der Waals surface area contributed by atoms with Crippen molar-refractivity contribution in [1.29, 1.82) is 0 Å². The summed E-state index contributed by atoms with van der Waals surface area (Å²) < 4.78 is 0. The van der Waals surface area contributed by atoms with E-state index < -0.39 is 18.2 Å². The van der Waals surface area contributed by atoms with E-state index in [4.69, 9.17) is 0 Å². The lowest BCUT2D eigenvalue weighted by Crippen LogP contribution is -2.43. The lowest BCUT2D eigenvalue weighted by molar-refractivity contribution is -0.133. The largest absolute Gasteiger partial charge is 0.388 e. The van der Waals surface area contributed by atoms with E-state index in [1.807, 2.05) is 0 Å². The molecule has 15 heavy (non-hydrogen) atoms. The van der Waals surface area contributed by atoms with Crippen LogP contribution >= 0.6 is 0 Å². The fourth-order valence-electron chi connectivity index (χ4n) is 1.97. The molecular weight excluding hydrogens is 200 g/mol. The van der Waals surface area contributed by atoms with E-state index in [9.17, 15) is 19.8 Å². The summed E-state index contributed by atoms with van der Waals surface area (Å²) in [6, 6.07) is -0.477. The first-order chi connectivity index (χ1) is 7.08. The second-order valence-corrected chi connectivity index (χ2v) is 4.04. The van der Waals surface area contributed by atoms with Gasteiger partial charge in [-0.1, -0.05) is 0 Å². The molecule has 0 saturated carbocycles. The number of β-amino-alcohol motifs (C(OH)–C–C–N with tert-alkyl or cyclic N) is 2. The average molecular weight is 214 g/mol. The third-order valence-corrected chi connectivity index (χ3v) is 2.86. The molecular formula is C9H14N2O4. The summed E-state index contributed by atoms with van der Waals surface area (Å²) >= 11 is 0. The van der Waals surface area contributed by atoms with Crippen molar-refractivity contribution < 1.29 is 19.8 Å². The zero-order valence-corrected chi connectivity index (χ0v) is 8.22. The lowest BCUT2D eigenvalue weighted by Gasteiger charge is -2.19. The molecule has 0 aromatic carbocycles. The maximum Gasteiger partial charge on any atom is 0.245 e. The maximum absolute atomic E-state index is 11.8. The number of carbonyl (C=O) groups is 2. The first-order valence-electron chi connectivity index (χ1n) is 5.02. The van der Waals surface area contributed by atoms with Gasteiger partial charge in [-0.25, -0.2) is 0 Å². The minimum Gasteiger partial charge on any atom is -0.388 e. The number of nitrogens with zero attached hydrogens (tertiary/aromatic N) is 1. The summed E-state index contributed by atoms with van der Waals surface area (Å²) in [6.07, 6.45) is -0.868. The summed E-state index contributed by atoms with van der Waals surface area (Å²) in [4.78, 5) is 24.1. The van der Waals surface area contributed by atoms with Crippen LogP contribution in [-0.4, -0.2) is 58.3 Å². The van der Waals surface area contributed by atoms with Crippen molar-refractivity contribution in [2.24, 2.45) is 0 Å². The van der Waals surface area contributed by atoms with Crippen molar-refractivity contribution in [1.82, 2.24) is 10.2 Å². The Morgan fingerprint density at radius 2 is 1.93 bits per heavy atom. The van der Waals surface area contributed by atoms with Crippen LogP contribution in [0.3, 0.4) is 0 Å². The lowest BCUT2D eigenvalue weighted by atomic mass is 10.2. The number of aliphatic hydroxyl groups excluding tert-OH is 2. The zero-order chi connectivity index (χ0) is 11.0. The Bertz CT molecular complexity index is 284. The van der Waals surface area contributed by atoms with Crippen LogP contribution in [0.15, 0.2) is 0 Å². The monoisotopic (exact) mass is 214 g/mol. The number of amides is 2. The van der Waals surface area contributed by atoms with Gasteiger partial charge < -0.3 is 20.4 Å². The van der Waals surface area contributed by atoms with Crippen LogP contribution in [0, 0.1) is 0 Å². The van der Waals surface area contributed by atoms with E-state index in [2.05, 4.69) is 5.32 Å². The van der Waals surface area contributed by atoms with Crippen molar-refractivity contribution in [2.75, 3.05) is 13.1 Å². The summed E-state index contributed by atoms with van der Waals surface area (Å²) in [5.41, 5.74) is 0. The molecule has 0 aromatic heterocycles. The molecule has 2 rings (SSSR count). The maximum atomic E-state index is 11.8. The molecule has 0 aliphatic carbocycles. The Kier molecular flexibility index (Phi) is 2.62. The number of carbonyl (C=O) groups excluding carboxylic acids is 2. The van der Waals surface area contributed by atoms with Gasteiger partial charge in [0.25, 0.3) is 0 Å². The molecule has 0 unspecified atom stereocenters. The number of likely N-dealkylation sites (tertiary alicyclic amines) is 1. The molecule has 84 valence electrons. The second kappa shape index (κ2) is 3.79. The van der Waals surface area contributed by atoms with Crippen molar-refractivity contribution >= 4 is 11.8 Å². The van der Waals surface area contributed by atoms with Crippen molar-refractivity contribution in [2.45, 2.75) is 31.1 Å². The summed E-state index contributed by atoms with van der Waals surface area (Å²) in [5.74, 6) is -0.329. The zero-order valence-electron chi connectivity index (χ0n) is 8.22. The number of hydrogen-bond donors (Lipinski definition) is 3. The number of nitrogens with one attached hydrogen (secondary N) is 1. The van der Waals surface area contributed by atoms with Crippen LogP contribution in [0.4, 0.5) is 0 Å². The normalized spacial score (nSPS) is 35.7. The van der Waals surface area contributed by atoms with Gasteiger partial charge in [0.1, 0.15) is 6.04 Å². The Balaban J connectivity index is 1.94. The first kappa shape index (κ1) is 10.4. The van der Waals surface area contributed by atoms with E-state index in [-0.39, 0.29) is 24.9 Å². The minimum atomic E-state index is -0.869. The van der Waals surface area contributed by atoms with Crippen LogP contribution < -0.4 is 5.32 Å². The predicted octanol–water partition coefficient (Wildman–Crippen LogP) is -2.17. The number of aliphatic hydroxyl groups is 2. The Morgan fingerprint density at radius 3 is 2.40 bits per heavy atom. The SMILES string of the molecule is O=C1CC[C@@H](C(=O)N2C[C@@H](O)[C@@H](O)C2)N1. The molecule has 2 saturated heterocycles. The van der Waals surface area contributed by atoms with Crippen molar-refractivity contribution in [3.05, 3.63) is 0 Å². The van der Waals surface area contributed by atoms with Crippen LogP contribution in [0.5, 0.6) is 0 Å². The molecule has 6 heteroatoms. The van der Waals surface area contributed by atoms with E-state index in [1.54, 1.807) is 0 Å². The molecule has 2 heterocycles. The third kappa shape index (κ3) is 1.95. The molecule has 0 radical (unpaired) electrons. The molecule has 6 nitrogen and oxygen atoms in total. The molecule has 2 aliphatic rings. The molecule has 2 amide bonds. The van der Waals surface area contributed by atoms with Gasteiger partial charge in [-0.3, -0.25) is 9.59 Å². The van der Waals surface area contributed by atoms with Crippen LogP contribution in [0.25, 0.3) is 0 Å². The van der Waals surface area contributed by atoms with E-state index in [0.717, 1.165) is 0 Å². The number of rotatable bonds is 1. The third-order valence-electron chi connectivity index (χ3n) is 2.86. The summed E-state index contributed by atoms with van der Waals surface area (Å²) in [5, 5.41) is 21.1. The van der Waals surface area contributed by atoms with Gasteiger partial charge in [-0.05, 0) is 6.42 Å². The molecule has 0 aromatic rings. The van der Waals surface area contributed by atoms with E-state index >= 15 is 0 Å². The highest BCUT2D eigenvalue weighted by Gasteiger charge is 2.37. The highest BCUT2D eigenvalue weighted by Crippen LogP contribution is 2.15. The van der Waals surface area contributed by atoms with Gasteiger partial charge in [0, 0.05) is 19.5 Å². The Labute approximate surface area is 86.9 Å². The topological polar surface area (TPSA) is 89.9 Å². The summed E-state index contributed by atoms with van der Waals surface area (Å²) in [7, 11) is 0. The van der Waals surface area contributed by atoms with Crippen molar-refractivity contribution in [3.63, 3.8) is 0 Å². The van der Waals surface area contributed by atoms with Gasteiger partial charge >= 0.3 is 0 Å². The molecule has 0 bridgehead atoms. The van der Waals surface area contributed by atoms with Gasteiger partial charge in [0.15, 0.2) is 0 Å². The van der Waals surface area contributed by atoms with Gasteiger partial charge in [0.05, 0.1) is 12.2 Å². The average Bonchev–Trinajstić information content (AvgIpc) is 2.74. The fourth-order valence-corrected chi connectivity index (χ4v) is 1.97. The predicted molar refractivity (Wildman–Crippen MR) is 49.8 cm³/mol. The van der Waals surface area contributed by atoms with Crippen molar-refractivity contribution in [3.8, 4) is 0 Å². The smallest absolute Gasteiger partial charge is 0.245 e. The Morgan fingerprint density at radius 1 is 1.33 bits per heavy atom. The van der Waals surface area contributed by atoms with Crippen LogP contribution in [0.1, 0.15) is 12.8 Å². The highest BCUT2D eigenvalue weighted by molar-refractivity contribution is 5.91. The van der Waals surface area contributed by atoms with Gasteiger partial charge in [0.2, 0.25) is 11.8 Å². The molecule has 3 atom stereocenters. The fraction of sp³-hybridized carbons (Fsp3) is 0.778. The second-order valence-electron chi connectivity index (χ2n) is 4.04.